The molecule has 2 fully saturated rings. The standard InChI is InChI=1S/C23H33N9OS/c1-15(2)23-28-27-16(3)32(23)19-11-17-6-7-18(12-19)30(17)9-8-20(21-5-4-10-34-21)26-22(33)13-31-25-14-24-29-31/h4-5,10,14-15,17-20H,6-9,11-13H2,1-3H3,(H,26,33)/t17?,18?,19?,20-/m0/s1. The first-order valence-electron chi connectivity index (χ1n) is 12.2. The summed E-state index contributed by atoms with van der Waals surface area (Å²) in [5, 5.41) is 25.5. The van der Waals surface area contributed by atoms with Crippen LogP contribution >= 0.6 is 11.3 Å². The minimum absolute atomic E-state index is 0.0132. The van der Waals surface area contributed by atoms with E-state index in [0.717, 1.165) is 37.5 Å². The Morgan fingerprint density at radius 2 is 2.00 bits per heavy atom. The molecule has 2 aliphatic rings. The molecule has 3 aromatic rings. The lowest BCUT2D eigenvalue weighted by Crippen LogP contribution is -2.45. The number of rotatable bonds is 9. The predicted molar refractivity (Wildman–Crippen MR) is 128 cm³/mol. The van der Waals surface area contributed by atoms with Gasteiger partial charge in [-0.2, -0.15) is 4.80 Å². The summed E-state index contributed by atoms with van der Waals surface area (Å²) >= 11 is 1.69. The van der Waals surface area contributed by atoms with Gasteiger partial charge in [0.15, 0.2) is 6.33 Å². The summed E-state index contributed by atoms with van der Waals surface area (Å²) in [4.78, 5) is 17.8. The molecule has 0 spiro atoms. The molecule has 1 N–H and O–H groups in total. The molecule has 5 heterocycles. The second-order valence-corrected chi connectivity index (χ2v) is 10.7. The number of aromatic nitrogens is 7. The molecule has 0 saturated carbocycles. The lowest BCUT2D eigenvalue weighted by Gasteiger charge is -2.40. The molecule has 2 saturated heterocycles. The molecular weight excluding hydrogens is 450 g/mol. The van der Waals surface area contributed by atoms with Crippen LogP contribution in [0.3, 0.4) is 0 Å². The van der Waals surface area contributed by atoms with Crippen molar-refractivity contribution in [3.05, 3.63) is 40.4 Å². The van der Waals surface area contributed by atoms with E-state index in [9.17, 15) is 4.79 Å². The van der Waals surface area contributed by atoms with Crippen LogP contribution in [0.15, 0.2) is 23.8 Å². The van der Waals surface area contributed by atoms with Gasteiger partial charge in [-0.1, -0.05) is 19.9 Å². The number of tetrazole rings is 1. The summed E-state index contributed by atoms with van der Waals surface area (Å²) in [6.45, 7) is 7.53. The third-order valence-electron chi connectivity index (χ3n) is 7.21. The van der Waals surface area contributed by atoms with Crippen molar-refractivity contribution < 1.29 is 4.79 Å². The van der Waals surface area contributed by atoms with Crippen molar-refractivity contribution in [2.75, 3.05) is 6.54 Å². The molecule has 2 bridgehead atoms. The highest BCUT2D eigenvalue weighted by Gasteiger charge is 2.42. The van der Waals surface area contributed by atoms with E-state index in [0.29, 0.717) is 24.0 Å². The molecule has 1 amide bonds. The monoisotopic (exact) mass is 483 g/mol. The van der Waals surface area contributed by atoms with Crippen LogP contribution in [0.4, 0.5) is 0 Å². The Kier molecular flexibility index (Phi) is 6.73. The minimum Gasteiger partial charge on any atom is -0.347 e. The fourth-order valence-corrected chi connectivity index (χ4v) is 6.55. The summed E-state index contributed by atoms with van der Waals surface area (Å²) in [7, 11) is 0. The van der Waals surface area contributed by atoms with Crippen LogP contribution in [0.1, 0.15) is 80.5 Å². The van der Waals surface area contributed by atoms with Gasteiger partial charge in [-0.05, 0) is 55.7 Å². The Balaban J connectivity index is 1.23. The van der Waals surface area contributed by atoms with Crippen LogP contribution < -0.4 is 5.32 Å². The number of hydrogen-bond acceptors (Lipinski definition) is 8. The topological polar surface area (TPSA) is 107 Å². The summed E-state index contributed by atoms with van der Waals surface area (Å²) in [5.74, 6) is 2.42. The molecular formula is C23H33N9OS. The summed E-state index contributed by atoms with van der Waals surface area (Å²) in [5.41, 5.74) is 0. The first-order chi connectivity index (χ1) is 16.5. The zero-order valence-electron chi connectivity index (χ0n) is 20.0. The smallest absolute Gasteiger partial charge is 0.244 e. The van der Waals surface area contributed by atoms with Gasteiger partial charge in [0.25, 0.3) is 0 Å². The first kappa shape index (κ1) is 23.1. The van der Waals surface area contributed by atoms with E-state index >= 15 is 0 Å². The van der Waals surface area contributed by atoms with Gasteiger partial charge in [0, 0.05) is 35.5 Å². The van der Waals surface area contributed by atoms with Gasteiger partial charge in [-0.25, -0.2) is 0 Å². The zero-order valence-corrected chi connectivity index (χ0v) is 20.9. The van der Waals surface area contributed by atoms with Crippen LogP contribution in [-0.2, 0) is 11.3 Å². The maximum Gasteiger partial charge on any atom is 0.244 e. The second kappa shape index (κ2) is 9.91. The van der Waals surface area contributed by atoms with Crippen molar-refractivity contribution in [3.8, 4) is 0 Å². The van der Waals surface area contributed by atoms with Crippen LogP contribution in [0, 0.1) is 6.92 Å². The van der Waals surface area contributed by atoms with Crippen LogP contribution in [0.5, 0.6) is 0 Å². The Morgan fingerprint density at radius 1 is 1.21 bits per heavy atom. The molecule has 3 aromatic heterocycles. The van der Waals surface area contributed by atoms with E-state index in [2.05, 4.69) is 72.6 Å². The Hall–Kier alpha value is -2.66. The maximum atomic E-state index is 12.6. The van der Waals surface area contributed by atoms with Gasteiger partial charge in [0.1, 0.15) is 18.2 Å². The quantitative estimate of drug-likeness (QED) is 0.499. The number of aryl methyl sites for hydroxylation is 1. The van der Waals surface area contributed by atoms with Gasteiger partial charge in [0.05, 0.1) is 6.04 Å². The number of amides is 1. The molecule has 11 heteroatoms. The summed E-state index contributed by atoms with van der Waals surface area (Å²) < 4.78 is 2.40. The fourth-order valence-electron chi connectivity index (χ4n) is 5.73. The molecule has 0 radical (unpaired) electrons. The lowest BCUT2D eigenvalue weighted by molar-refractivity contribution is -0.122. The molecule has 34 heavy (non-hydrogen) atoms. The summed E-state index contributed by atoms with van der Waals surface area (Å²) in [6, 6.07) is 5.76. The van der Waals surface area contributed by atoms with Gasteiger partial charge in [-0.3, -0.25) is 9.69 Å². The molecule has 182 valence electrons. The number of carbonyl (C=O) groups excluding carboxylic acids is 1. The molecule has 5 rings (SSSR count). The van der Waals surface area contributed by atoms with E-state index in [1.54, 1.807) is 11.3 Å². The molecule has 2 unspecified atom stereocenters. The Labute approximate surface area is 203 Å². The first-order valence-corrected chi connectivity index (χ1v) is 13.1. The highest BCUT2D eigenvalue weighted by molar-refractivity contribution is 7.10. The van der Waals surface area contributed by atoms with Crippen molar-refractivity contribution in [2.45, 2.75) is 89.5 Å². The predicted octanol–water partition coefficient (Wildman–Crippen LogP) is 2.87. The number of nitrogens with one attached hydrogen (secondary N) is 1. The Morgan fingerprint density at radius 3 is 2.65 bits per heavy atom. The number of thiophene rings is 1. The number of carbonyl (C=O) groups is 1. The molecule has 0 aliphatic carbocycles. The van der Waals surface area contributed by atoms with Crippen molar-refractivity contribution in [2.24, 2.45) is 0 Å². The zero-order chi connectivity index (χ0) is 23.7. The van der Waals surface area contributed by atoms with Crippen molar-refractivity contribution in [3.63, 3.8) is 0 Å². The fraction of sp³-hybridized carbons (Fsp3) is 0.652. The van der Waals surface area contributed by atoms with Crippen LogP contribution in [0.2, 0.25) is 0 Å². The average Bonchev–Trinajstić information content (AvgIpc) is 3.60. The molecule has 0 aromatic carbocycles. The minimum atomic E-state index is -0.0950. The largest absolute Gasteiger partial charge is 0.347 e. The Bertz CT molecular complexity index is 1060. The van der Waals surface area contributed by atoms with E-state index in [4.69, 9.17) is 0 Å². The highest BCUT2D eigenvalue weighted by Crippen LogP contribution is 2.42. The SMILES string of the molecule is Cc1nnc(C(C)C)n1C1CC2CCC(C1)N2CC[C@H](NC(=O)Cn1ncnn1)c1cccs1. The van der Waals surface area contributed by atoms with Gasteiger partial charge in [0.2, 0.25) is 5.91 Å². The van der Waals surface area contributed by atoms with Crippen LogP contribution in [-0.4, -0.2) is 64.4 Å². The van der Waals surface area contributed by atoms with Crippen molar-refractivity contribution in [1.82, 2.24) is 45.2 Å². The molecule has 3 atom stereocenters. The number of piperidine rings is 1. The number of hydrogen-bond donors (Lipinski definition) is 1. The van der Waals surface area contributed by atoms with E-state index in [-0.39, 0.29) is 18.5 Å². The van der Waals surface area contributed by atoms with E-state index in [1.165, 1.54) is 28.8 Å². The van der Waals surface area contributed by atoms with Crippen molar-refractivity contribution in [1.29, 1.82) is 0 Å². The van der Waals surface area contributed by atoms with Crippen LogP contribution in [0.25, 0.3) is 0 Å². The van der Waals surface area contributed by atoms with Gasteiger partial charge in [-0.15, -0.1) is 31.7 Å². The van der Waals surface area contributed by atoms with Gasteiger partial charge < -0.3 is 9.88 Å². The summed E-state index contributed by atoms with van der Waals surface area (Å²) in [6.07, 6.45) is 7.00. The lowest BCUT2D eigenvalue weighted by atomic mass is 9.95. The molecule has 10 nitrogen and oxygen atoms in total. The maximum absolute atomic E-state index is 12.6. The highest BCUT2D eigenvalue weighted by atomic mass is 32.1. The molecule has 2 aliphatic heterocycles. The third-order valence-corrected chi connectivity index (χ3v) is 8.19. The third kappa shape index (κ3) is 4.76. The number of fused-ring (bicyclic) bond motifs is 2. The average molecular weight is 484 g/mol. The van der Waals surface area contributed by atoms with Crippen molar-refractivity contribution >= 4 is 17.2 Å². The van der Waals surface area contributed by atoms with Gasteiger partial charge >= 0.3 is 0 Å². The van der Waals surface area contributed by atoms with E-state index < -0.39 is 0 Å². The van der Waals surface area contributed by atoms with E-state index in [1.807, 2.05) is 6.07 Å². The normalized spacial score (nSPS) is 23.5. The second-order valence-electron chi connectivity index (χ2n) is 9.77. The number of nitrogens with zero attached hydrogens (tertiary/aromatic N) is 8.